The Morgan fingerprint density at radius 3 is 2.81 bits per heavy atom. The van der Waals surface area contributed by atoms with Crippen molar-refractivity contribution in [3.05, 3.63) is 48.5 Å². The van der Waals surface area contributed by atoms with E-state index in [-0.39, 0.29) is 11.7 Å². The molecule has 2 aromatic carbocycles. The quantitative estimate of drug-likeness (QED) is 0.469. The molecule has 0 fully saturated rings. The maximum atomic E-state index is 12.6. The van der Waals surface area contributed by atoms with Crippen LogP contribution in [0, 0.1) is 0 Å². The van der Waals surface area contributed by atoms with Gasteiger partial charge in [-0.2, -0.15) is 8.78 Å². The van der Waals surface area contributed by atoms with Crippen molar-refractivity contribution < 1.29 is 13.6 Å². The number of hydrogen-bond acceptors (Lipinski definition) is 5. The number of fused-ring (bicyclic) bond motifs is 3. The minimum absolute atomic E-state index is 0.0835. The number of imidazole rings is 1. The molecule has 1 amide bonds. The summed E-state index contributed by atoms with van der Waals surface area (Å²) in [5.41, 5.74) is 2.09. The van der Waals surface area contributed by atoms with Crippen LogP contribution >= 0.6 is 23.5 Å². The molecule has 0 bridgehead atoms. The van der Waals surface area contributed by atoms with Gasteiger partial charge in [0.15, 0.2) is 5.16 Å². The van der Waals surface area contributed by atoms with Gasteiger partial charge in [0.1, 0.15) is 0 Å². The van der Waals surface area contributed by atoms with Crippen LogP contribution in [0.15, 0.2) is 58.6 Å². The lowest BCUT2D eigenvalue weighted by Gasteiger charge is -2.09. The summed E-state index contributed by atoms with van der Waals surface area (Å²) in [5.74, 6) is -2.18. The number of rotatable bonds is 6. The molecule has 0 saturated carbocycles. The molecular formula is C17H13F2N5OS2. The number of nitrogens with one attached hydrogen (secondary N) is 2. The van der Waals surface area contributed by atoms with Crippen molar-refractivity contribution in [2.75, 3.05) is 11.1 Å². The molecule has 4 aromatic rings. The van der Waals surface area contributed by atoms with Crippen LogP contribution in [0.5, 0.6) is 0 Å². The molecule has 0 aliphatic rings. The zero-order chi connectivity index (χ0) is 18.8. The van der Waals surface area contributed by atoms with Gasteiger partial charge in [0.2, 0.25) is 11.7 Å². The SMILES string of the molecule is O=C(CSc1n[nH]c2nc3ccccc3n12)Nc1ccccc1SC(F)F. The van der Waals surface area contributed by atoms with Gasteiger partial charge in [-0.1, -0.05) is 47.8 Å². The van der Waals surface area contributed by atoms with Gasteiger partial charge in [0.05, 0.1) is 22.5 Å². The number of amides is 1. The molecule has 0 spiro atoms. The number of H-pyrrole nitrogens is 1. The van der Waals surface area contributed by atoms with Crippen LogP contribution in [0.1, 0.15) is 0 Å². The maximum absolute atomic E-state index is 12.6. The number of aromatic nitrogens is 4. The van der Waals surface area contributed by atoms with Crippen LogP contribution in [0.2, 0.25) is 0 Å². The minimum atomic E-state index is -2.55. The number of halogens is 2. The van der Waals surface area contributed by atoms with Gasteiger partial charge in [-0.05, 0) is 24.3 Å². The lowest BCUT2D eigenvalue weighted by atomic mass is 10.3. The van der Waals surface area contributed by atoms with E-state index in [2.05, 4.69) is 20.5 Å². The lowest BCUT2D eigenvalue weighted by molar-refractivity contribution is -0.113. The zero-order valence-electron chi connectivity index (χ0n) is 13.7. The fourth-order valence-electron chi connectivity index (χ4n) is 2.62. The Bertz CT molecular complexity index is 1110. The molecule has 0 aliphatic heterocycles. The van der Waals surface area contributed by atoms with E-state index in [0.717, 1.165) is 11.0 Å². The number of carbonyl (C=O) groups excluding carboxylic acids is 1. The number of anilines is 1. The minimum Gasteiger partial charge on any atom is -0.324 e. The van der Waals surface area contributed by atoms with Gasteiger partial charge < -0.3 is 5.32 Å². The highest BCUT2D eigenvalue weighted by Gasteiger charge is 2.15. The summed E-state index contributed by atoms with van der Waals surface area (Å²) in [6.45, 7) is 0. The molecule has 27 heavy (non-hydrogen) atoms. The van der Waals surface area contributed by atoms with Crippen LogP contribution in [-0.4, -0.2) is 37.0 Å². The number of thioether (sulfide) groups is 2. The fourth-order valence-corrected chi connectivity index (χ4v) is 3.98. The Kier molecular flexibility index (Phi) is 4.99. The van der Waals surface area contributed by atoms with Crippen molar-refractivity contribution >= 4 is 51.9 Å². The molecule has 10 heteroatoms. The molecular weight excluding hydrogens is 392 g/mol. The summed E-state index contributed by atoms with van der Waals surface area (Å²) in [6, 6.07) is 14.1. The van der Waals surface area contributed by atoms with Gasteiger partial charge >= 0.3 is 0 Å². The van der Waals surface area contributed by atoms with E-state index in [1.807, 2.05) is 28.7 Å². The Morgan fingerprint density at radius 1 is 1.19 bits per heavy atom. The van der Waals surface area contributed by atoms with E-state index < -0.39 is 5.76 Å². The Morgan fingerprint density at radius 2 is 1.96 bits per heavy atom. The van der Waals surface area contributed by atoms with Crippen molar-refractivity contribution in [1.82, 2.24) is 19.6 Å². The molecule has 0 aliphatic carbocycles. The Balaban J connectivity index is 1.48. The summed E-state index contributed by atoms with van der Waals surface area (Å²) in [5, 5.41) is 10.3. The first-order chi connectivity index (χ1) is 13.1. The highest BCUT2D eigenvalue weighted by molar-refractivity contribution is 8.00. The monoisotopic (exact) mass is 405 g/mol. The summed E-state index contributed by atoms with van der Waals surface area (Å²) >= 11 is 1.64. The summed E-state index contributed by atoms with van der Waals surface area (Å²) in [4.78, 5) is 17.0. The normalized spacial score (nSPS) is 11.5. The second-order valence-electron chi connectivity index (χ2n) is 5.48. The Hall–Kier alpha value is -2.59. The van der Waals surface area contributed by atoms with Crippen LogP contribution in [0.3, 0.4) is 0 Å². The van der Waals surface area contributed by atoms with E-state index in [9.17, 15) is 13.6 Å². The molecule has 2 aromatic heterocycles. The van der Waals surface area contributed by atoms with Crippen molar-refractivity contribution in [3.8, 4) is 0 Å². The standard InChI is InChI=1S/C17H13F2N5OS2/c18-15(19)27-13-8-4-2-6-11(13)20-14(25)9-26-17-23-22-16-21-10-5-1-3-7-12(10)24(16)17/h1-8,15H,9H2,(H,20,25)(H,21,22). The average molecular weight is 405 g/mol. The Labute approximate surface area is 160 Å². The van der Waals surface area contributed by atoms with E-state index in [4.69, 9.17) is 0 Å². The number of aromatic amines is 1. The van der Waals surface area contributed by atoms with Crippen LogP contribution < -0.4 is 5.32 Å². The van der Waals surface area contributed by atoms with Gasteiger partial charge in [-0.3, -0.25) is 9.20 Å². The number of benzene rings is 2. The lowest BCUT2D eigenvalue weighted by Crippen LogP contribution is -2.15. The molecule has 0 atom stereocenters. The van der Waals surface area contributed by atoms with E-state index in [1.165, 1.54) is 11.8 Å². The van der Waals surface area contributed by atoms with Gasteiger partial charge in [-0.15, -0.1) is 5.10 Å². The van der Waals surface area contributed by atoms with Crippen molar-refractivity contribution in [3.63, 3.8) is 0 Å². The average Bonchev–Trinajstić information content (AvgIpc) is 3.20. The maximum Gasteiger partial charge on any atom is 0.288 e. The second kappa shape index (κ2) is 7.57. The molecule has 138 valence electrons. The van der Waals surface area contributed by atoms with Crippen molar-refractivity contribution in [1.29, 1.82) is 0 Å². The number of para-hydroxylation sites is 3. The number of hydrogen-bond donors (Lipinski definition) is 2. The van der Waals surface area contributed by atoms with Crippen LogP contribution in [-0.2, 0) is 4.79 Å². The second-order valence-corrected chi connectivity index (χ2v) is 7.45. The third kappa shape index (κ3) is 3.76. The molecule has 2 heterocycles. The van der Waals surface area contributed by atoms with Gasteiger partial charge in [0, 0.05) is 4.90 Å². The summed E-state index contributed by atoms with van der Waals surface area (Å²) in [7, 11) is 0. The molecule has 2 N–H and O–H groups in total. The van der Waals surface area contributed by atoms with E-state index >= 15 is 0 Å². The third-order valence-corrected chi connectivity index (χ3v) is 5.44. The number of nitrogens with zero attached hydrogens (tertiary/aromatic N) is 3. The molecule has 0 radical (unpaired) electrons. The third-order valence-electron chi connectivity index (χ3n) is 3.71. The number of alkyl halides is 2. The molecule has 0 saturated heterocycles. The summed E-state index contributed by atoms with van der Waals surface area (Å²) < 4.78 is 27.1. The topological polar surface area (TPSA) is 75.1 Å². The largest absolute Gasteiger partial charge is 0.324 e. The van der Waals surface area contributed by atoms with E-state index in [0.29, 0.717) is 33.3 Å². The fraction of sp³-hybridized carbons (Fsp3) is 0.118. The highest BCUT2D eigenvalue weighted by Crippen LogP contribution is 2.32. The first kappa shape index (κ1) is 17.8. The first-order valence-electron chi connectivity index (χ1n) is 7.90. The van der Waals surface area contributed by atoms with Crippen LogP contribution in [0.25, 0.3) is 16.8 Å². The van der Waals surface area contributed by atoms with Crippen molar-refractivity contribution in [2.24, 2.45) is 0 Å². The zero-order valence-corrected chi connectivity index (χ0v) is 15.4. The molecule has 4 rings (SSSR count). The van der Waals surface area contributed by atoms with Gasteiger partial charge in [-0.25, -0.2) is 10.1 Å². The number of carbonyl (C=O) groups is 1. The predicted octanol–water partition coefficient (Wildman–Crippen LogP) is 4.26. The van der Waals surface area contributed by atoms with Crippen molar-refractivity contribution in [2.45, 2.75) is 15.8 Å². The van der Waals surface area contributed by atoms with Gasteiger partial charge in [0.25, 0.3) is 5.76 Å². The highest BCUT2D eigenvalue weighted by atomic mass is 32.2. The van der Waals surface area contributed by atoms with E-state index in [1.54, 1.807) is 24.3 Å². The molecule has 0 unspecified atom stereocenters. The molecule has 6 nitrogen and oxygen atoms in total. The predicted molar refractivity (Wildman–Crippen MR) is 103 cm³/mol. The summed E-state index contributed by atoms with van der Waals surface area (Å²) in [6.07, 6.45) is 0. The first-order valence-corrected chi connectivity index (χ1v) is 9.76. The smallest absolute Gasteiger partial charge is 0.288 e. The van der Waals surface area contributed by atoms with Crippen LogP contribution in [0.4, 0.5) is 14.5 Å².